The molecule has 47 heavy (non-hydrogen) atoms. The van der Waals surface area contributed by atoms with Crippen LogP contribution in [0.25, 0.3) is 0 Å². The number of aliphatic hydroxyl groups is 1. The van der Waals surface area contributed by atoms with E-state index in [0.717, 1.165) is 61.5 Å². The number of nitrogens with zero attached hydrogens (tertiary/aromatic N) is 1. The number of fused-ring (bicyclic) bond motifs is 4. The Morgan fingerprint density at radius 1 is 1.11 bits per heavy atom. The largest absolute Gasteiger partial charge is 0.493 e. The maximum Gasteiger partial charge on any atom is 0.331 e. The Hall–Kier alpha value is -3.49. The van der Waals surface area contributed by atoms with E-state index >= 15 is 0 Å². The number of halogens is 1. The summed E-state index contributed by atoms with van der Waals surface area (Å²) in [6.07, 6.45) is 11.1. The summed E-state index contributed by atoms with van der Waals surface area (Å²) in [5.41, 5.74) is 4.87. The highest BCUT2D eigenvalue weighted by Crippen LogP contribution is 2.58. The molecule has 2 aromatic carbocycles. The smallest absolute Gasteiger partial charge is 0.331 e. The normalized spacial score (nSPS) is 26.4. The lowest BCUT2D eigenvalue weighted by atomic mass is 9.59. The lowest BCUT2D eigenvalue weighted by Gasteiger charge is -2.47. The van der Waals surface area contributed by atoms with Crippen LogP contribution in [-0.4, -0.2) is 48.2 Å². The van der Waals surface area contributed by atoms with Crippen molar-refractivity contribution in [3.05, 3.63) is 76.1 Å². The molecule has 4 aliphatic rings. The van der Waals surface area contributed by atoms with Crippen molar-refractivity contribution in [2.45, 2.75) is 94.8 Å². The molecule has 8 nitrogen and oxygen atoms in total. The number of pyridine rings is 1. The fourth-order valence-corrected chi connectivity index (χ4v) is 8.86. The van der Waals surface area contributed by atoms with Crippen LogP contribution in [0.2, 0.25) is 5.02 Å². The van der Waals surface area contributed by atoms with Crippen LogP contribution in [0.5, 0.6) is 17.2 Å². The second-order valence-electron chi connectivity index (χ2n) is 14.0. The average Bonchev–Trinajstić information content (AvgIpc) is 3.60. The van der Waals surface area contributed by atoms with E-state index in [2.05, 4.69) is 29.4 Å². The molecule has 0 radical (unpaired) electrons. The van der Waals surface area contributed by atoms with Gasteiger partial charge >= 0.3 is 5.97 Å². The number of aliphatic hydroxyl groups excluding tert-OH is 1. The molecule has 0 bridgehead atoms. The summed E-state index contributed by atoms with van der Waals surface area (Å²) in [5.74, 6) is 2.91. The van der Waals surface area contributed by atoms with E-state index in [-0.39, 0.29) is 18.0 Å². The zero-order valence-electron chi connectivity index (χ0n) is 27.4. The van der Waals surface area contributed by atoms with Crippen molar-refractivity contribution < 1.29 is 28.8 Å². The summed E-state index contributed by atoms with van der Waals surface area (Å²) in [6, 6.07) is 13.9. The summed E-state index contributed by atoms with van der Waals surface area (Å²) in [4.78, 5) is 18.1. The van der Waals surface area contributed by atoms with Crippen LogP contribution in [0, 0.1) is 11.8 Å². The van der Waals surface area contributed by atoms with Crippen molar-refractivity contribution in [3.63, 3.8) is 0 Å². The molecule has 1 fully saturated rings. The first-order valence-electron chi connectivity index (χ1n) is 17.2. The molecule has 0 amide bonds. The zero-order valence-corrected chi connectivity index (χ0v) is 28.1. The van der Waals surface area contributed by atoms with Crippen molar-refractivity contribution in [1.29, 1.82) is 0 Å². The van der Waals surface area contributed by atoms with Crippen molar-refractivity contribution in [2.24, 2.45) is 11.8 Å². The van der Waals surface area contributed by atoms with Crippen LogP contribution in [0.3, 0.4) is 0 Å². The predicted octanol–water partition coefficient (Wildman–Crippen LogP) is 7.21. The van der Waals surface area contributed by atoms with Gasteiger partial charge in [-0.2, -0.15) is 0 Å². The molecule has 3 aliphatic carbocycles. The van der Waals surface area contributed by atoms with Gasteiger partial charge in [-0.3, -0.25) is 4.98 Å². The molecule has 1 aromatic heterocycles. The molecular formula is C38H45ClN2O6. The first kappa shape index (κ1) is 32.1. The third-order valence-electron chi connectivity index (χ3n) is 11.0. The number of aryl methyl sites for hydroxylation is 1. The standard InChI is InChI=1S/C38H45ClN2O6/c1-24(23-45-32-10-16-40-31-9-4-3-8-29(31)32)18-26-19-25-20-33-34(47-35(46-33)11-17-42)22-30(25)37(26)12-14-38(15-13-37,36(43)44-2)41-28-7-5-6-27(39)21-28/h5-7,10,16,20-22,24,26,35,41-42H,3-4,8-9,11-15,17-19,23H2,1-2H3/t24-,26?,35?,37?,38?/m1/s1. The number of esters is 1. The van der Waals surface area contributed by atoms with E-state index in [9.17, 15) is 9.90 Å². The summed E-state index contributed by atoms with van der Waals surface area (Å²) in [7, 11) is 1.47. The quantitative estimate of drug-likeness (QED) is 0.220. The van der Waals surface area contributed by atoms with Gasteiger partial charge in [0.1, 0.15) is 11.3 Å². The van der Waals surface area contributed by atoms with Crippen molar-refractivity contribution >= 4 is 23.3 Å². The van der Waals surface area contributed by atoms with Crippen molar-refractivity contribution in [1.82, 2.24) is 4.98 Å². The zero-order chi connectivity index (χ0) is 32.6. The van der Waals surface area contributed by atoms with Gasteiger partial charge in [-0.05, 0) is 129 Å². The Bertz CT molecular complexity index is 1620. The number of rotatable bonds is 10. The second kappa shape index (κ2) is 13.2. The molecule has 1 saturated carbocycles. The van der Waals surface area contributed by atoms with Gasteiger partial charge in [-0.25, -0.2) is 4.79 Å². The first-order chi connectivity index (χ1) is 22.8. The molecule has 250 valence electrons. The summed E-state index contributed by atoms with van der Waals surface area (Å²) >= 11 is 6.31. The topological polar surface area (TPSA) is 99.1 Å². The summed E-state index contributed by atoms with van der Waals surface area (Å²) < 4.78 is 24.1. The monoisotopic (exact) mass is 660 g/mol. The van der Waals surface area contributed by atoms with Crippen LogP contribution in [-0.2, 0) is 34.2 Å². The molecule has 7 rings (SSSR count). The molecule has 1 aliphatic heterocycles. The second-order valence-corrected chi connectivity index (χ2v) is 14.4. The third-order valence-corrected chi connectivity index (χ3v) is 11.3. The maximum absolute atomic E-state index is 13.5. The van der Waals surface area contributed by atoms with Gasteiger partial charge < -0.3 is 29.4 Å². The molecule has 2 heterocycles. The molecule has 1 spiro atoms. The Morgan fingerprint density at radius 3 is 2.66 bits per heavy atom. The van der Waals surface area contributed by atoms with E-state index in [0.29, 0.717) is 42.7 Å². The number of ether oxygens (including phenoxy) is 4. The van der Waals surface area contributed by atoms with Gasteiger partial charge in [0.05, 0.1) is 20.3 Å². The van der Waals surface area contributed by atoms with Crippen LogP contribution >= 0.6 is 11.6 Å². The number of aromatic nitrogens is 1. The van der Waals surface area contributed by atoms with Gasteiger partial charge in [0.2, 0.25) is 6.29 Å². The van der Waals surface area contributed by atoms with Crippen molar-refractivity contribution in [3.8, 4) is 17.2 Å². The Balaban J connectivity index is 1.15. The third kappa shape index (κ3) is 6.15. The number of methoxy groups -OCH3 is 1. The first-order valence-corrected chi connectivity index (χ1v) is 17.5. The Kier molecular flexibility index (Phi) is 9.00. The van der Waals surface area contributed by atoms with Gasteiger partial charge in [-0.15, -0.1) is 0 Å². The number of anilines is 1. The average molecular weight is 661 g/mol. The number of nitrogens with one attached hydrogen (secondary N) is 1. The van der Waals surface area contributed by atoms with Gasteiger partial charge in [0, 0.05) is 34.6 Å². The van der Waals surface area contributed by atoms with Crippen molar-refractivity contribution in [2.75, 3.05) is 25.6 Å². The minimum Gasteiger partial charge on any atom is -0.493 e. The minimum atomic E-state index is -0.851. The van der Waals surface area contributed by atoms with E-state index in [1.54, 1.807) is 0 Å². The molecule has 3 aromatic rings. The molecular weight excluding hydrogens is 616 g/mol. The molecule has 9 heteroatoms. The van der Waals surface area contributed by atoms with E-state index < -0.39 is 11.8 Å². The predicted molar refractivity (Wildman–Crippen MR) is 181 cm³/mol. The maximum atomic E-state index is 13.5. The Labute approximate surface area is 282 Å². The molecule has 2 unspecified atom stereocenters. The Morgan fingerprint density at radius 2 is 1.89 bits per heavy atom. The van der Waals surface area contributed by atoms with Crippen LogP contribution in [0.4, 0.5) is 5.69 Å². The molecule has 2 N–H and O–H groups in total. The fourth-order valence-electron chi connectivity index (χ4n) is 8.67. The highest BCUT2D eigenvalue weighted by molar-refractivity contribution is 6.30. The van der Waals surface area contributed by atoms with Crippen LogP contribution in [0.1, 0.15) is 80.7 Å². The van der Waals surface area contributed by atoms with E-state index in [1.807, 2.05) is 36.5 Å². The van der Waals surface area contributed by atoms with E-state index in [1.165, 1.54) is 42.3 Å². The highest BCUT2D eigenvalue weighted by Gasteiger charge is 2.55. The number of hydrogen-bond donors (Lipinski definition) is 2. The fraction of sp³-hybridized carbons (Fsp3) is 0.526. The SMILES string of the molecule is COC(=O)C1(Nc2cccc(Cl)c2)CCC2(CC1)c1cc3c(cc1CC2C[C@@H](C)COc1ccnc2c1CCCC2)OC(CCO)O3. The lowest BCUT2D eigenvalue weighted by Crippen LogP contribution is -2.53. The van der Waals surface area contributed by atoms with Gasteiger partial charge in [-0.1, -0.05) is 24.6 Å². The molecule has 3 atom stereocenters. The molecule has 0 saturated heterocycles. The number of hydrogen-bond acceptors (Lipinski definition) is 8. The summed E-state index contributed by atoms with van der Waals surface area (Å²) in [5, 5.41) is 13.6. The van der Waals surface area contributed by atoms with Crippen LogP contribution < -0.4 is 19.5 Å². The van der Waals surface area contributed by atoms with E-state index in [4.69, 9.17) is 30.5 Å². The number of benzene rings is 2. The summed E-state index contributed by atoms with van der Waals surface area (Å²) in [6.45, 7) is 2.94. The van der Waals surface area contributed by atoms with Gasteiger partial charge in [0.25, 0.3) is 0 Å². The van der Waals surface area contributed by atoms with Crippen LogP contribution in [0.15, 0.2) is 48.7 Å². The highest BCUT2D eigenvalue weighted by atomic mass is 35.5. The lowest BCUT2D eigenvalue weighted by molar-refractivity contribution is -0.148. The number of carbonyl (C=O) groups excluding carboxylic acids is 1. The number of carbonyl (C=O) groups is 1. The van der Waals surface area contributed by atoms with Gasteiger partial charge in [0.15, 0.2) is 11.5 Å². The minimum absolute atomic E-state index is 0.00186.